The number of aromatic amines is 1. The lowest BCUT2D eigenvalue weighted by atomic mass is 10.1. The smallest absolute Gasteiger partial charge is 0.326 e. The second-order valence-electron chi connectivity index (χ2n) is 7.01. The Morgan fingerprint density at radius 2 is 1.78 bits per heavy atom. The zero-order chi connectivity index (χ0) is 24.1. The molecule has 0 saturated heterocycles. The Balaban J connectivity index is 2.65. The van der Waals surface area contributed by atoms with Crippen molar-refractivity contribution in [1.82, 2.24) is 25.9 Å². The molecule has 0 saturated carbocycles. The molecule has 0 bridgehead atoms. The molecule has 10 N–H and O–H groups in total. The van der Waals surface area contributed by atoms with Gasteiger partial charge in [0.25, 0.3) is 0 Å². The first kappa shape index (κ1) is 26.5. The minimum atomic E-state index is -1.64. The molecule has 32 heavy (non-hydrogen) atoms. The van der Waals surface area contributed by atoms with Crippen molar-refractivity contribution in [3.05, 3.63) is 18.2 Å². The van der Waals surface area contributed by atoms with Gasteiger partial charge in [-0.25, -0.2) is 9.78 Å². The summed E-state index contributed by atoms with van der Waals surface area (Å²) >= 11 is 0. The molecule has 3 unspecified atom stereocenters. The Kier molecular flexibility index (Phi) is 11.4. The minimum Gasteiger partial charge on any atom is -0.481 e. The van der Waals surface area contributed by atoms with Crippen LogP contribution in [-0.4, -0.2) is 81.1 Å². The van der Waals surface area contributed by atoms with Crippen LogP contribution in [0.4, 0.5) is 0 Å². The van der Waals surface area contributed by atoms with Crippen molar-refractivity contribution in [1.29, 1.82) is 0 Å². The zero-order valence-corrected chi connectivity index (χ0v) is 17.4. The van der Waals surface area contributed by atoms with E-state index in [1.807, 2.05) is 5.32 Å². The summed E-state index contributed by atoms with van der Waals surface area (Å²) in [4.78, 5) is 65.2. The summed E-state index contributed by atoms with van der Waals surface area (Å²) in [6.07, 6.45) is 3.69. The first-order valence-electron chi connectivity index (χ1n) is 9.89. The molecule has 0 aliphatic heterocycles. The van der Waals surface area contributed by atoms with Crippen LogP contribution in [0.2, 0.25) is 0 Å². The van der Waals surface area contributed by atoms with Gasteiger partial charge in [0.15, 0.2) is 0 Å². The van der Waals surface area contributed by atoms with E-state index in [0.717, 1.165) is 0 Å². The summed E-state index contributed by atoms with van der Waals surface area (Å²) in [5.41, 5.74) is 12.0. The Morgan fingerprint density at radius 1 is 1.06 bits per heavy atom. The van der Waals surface area contributed by atoms with Crippen LogP contribution in [0.15, 0.2) is 12.5 Å². The van der Waals surface area contributed by atoms with Crippen LogP contribution in [0.5, 0.6) is 0 Å². The van der Waals surface area contributed by atoms with Crippen LogP contribution in [0.1, 0.15) is 31.4 Å². The van der Waals surface area contributed by atoms with Crippen molar-refractivity contribution in [3.8, 4) is 0 Å². The number of aliphatic carboxylic acids is 2. The standard InChI is InChI=1S/C18H29N7O7/c19-4-2-1-3-12(25-16(29)11(20)5-10-7-21-9-23-10)17(30)22-8-14(26)24-13(18(31)32)6-15(27)28/h7,9,11-13H,1-6,8,19-20H2,(H,21,23)(H,22,30)(H,24,26)(H,25,29)(H,27,28)(H,31,32). The van der Waals surface area contributed by atoms with Crippen molar-refractivity contribution in [3.63, 3.8) is 0 Å². The maximum atomic E-state index is 12.5. The lowest BCUT2D eigenvalue weighted by molar-refractivity contribution is -0.147. The molecule has 14 nitrogen and oxygen atoms in total. The van der Waals surface area contributed by atoms with E-state index in [2.05, 4.69) is 20.6 Å². The lowest BCUT2D eigenvalue weighted by Crippen LogP contribution is -2.54. The van der Waals surface area contributed by atoms with Crippen molar-refractivity contribution in [2.24, 2.45) is 11.5 Å². The number of unbranched alkanes of at least 4 members (excludes halogenated alkanes) is 1. The molecule has 3 amide bonds. The summed E-state index contributed by atoms with van der Waals surface area (Å²) < 4.78 is 0. The summed E-state index contributed by atoms with van der Waals surface area (Å²) in [6, 6.07) is -3.59. The van der Waals surface area contributed by atoms with Crippen molar-refractivity contribution >= 4 is 29.7 Å². The van der Waals surface area contributed by atoms with Crippen molar-refractivity contribution in [2.45, 2.75) is 50.2 Å². The van der Waals surface area contributed by atoms with E-state index >= 15 is 0 Å². The Hall–Kier alpha value is -3.52. The second-order valence-corrected chi connectivity index (χ2v) is 7.01. The number of carboxylic acids is 2. The number of nitrogens with one attached hydrogen (secondary N) is 4. The fourth-order valence-corrected chi connectivity index (χ4v) is 2.68. The van der Waals surface area contributed by atoms with Gasteiger partial charge in [0.05, 0.1) is 25.3 Å². The highest BCUT2D eigenvalue weighted by Crippen LogP contribution is 2.03. The number of H-pyrrole nitrogens is 1. The lowest BCUT2D eigenvalue weighted by Gasteiger charge is -2.21. The number of carbonyl (C=O) groups excluding carboxylic acids is 3. The number of hydrogen-bond acceptors (Lipinski definition) is 8. The molecule has 0 fully saturated rings. The molecule has 0 spiro atoms. The van der Waals surface area contributed by atoms with E-state index in [-0.39, 0.29) is 12.8 Å². The predicted molar refractivity (Wildman–Crippen MR) is 110 cm³/mol. The average molecular weight is 455 g/mol. The Labute approximate surface area is 183 Å². The van der Waals surface area contributed by atoms with Gasteiger partial charge in [-0.15, -0.1) is 0 Å². The van der Waals surface area contributed by atoms with Crippen LogP contribution in [-0.2, 0) is 30.4 Å². The second kappa shape index (κ2) is 13.7. The number of aromatic nitrogens is 2. The van der Waals surface area contributed by atoms with Crippen LogP contribution in [0.25, 0.3) is 0 Å². The van der Waals surface area contributed by atoms with E-state index in [1.165, 1.54) is 12.5 Å². The fraction of sp³-hybridized carbons (Fsp3) is 0.556. The van der Waals surface area contributed by atoms with Crippen LogP contribution in [0.3, 0.4) is 0 Å². The third kappa shape index (κ3) is 9.99. The van der Waals surface area contributed by atoms with Crippen LogP contribution in [0, 0.1) is 0 Å². The number of carboxylic acid groups (broad SMARTS) is 2. The number of rotatable bonds is 15. The van der Waals surface area contributed by atoms with Gasteiger partial charge in [0.2, 0.25) is 17.7 Å². The predicted octanol–water partition coefficient (Wildman–Crippen LogP) is -2.95. The fourth-order valence-electron chi connectivity index (χ4n) is 2.68. The summed E-state index contributed by atoms with van der Waals surface area (Å²) in [5, 5.41) is 24.5. The van der Waals surface area contributed by atoms with Gasteiger partial charge in [-0.1, -0.05) is 0 Å². The molecule has 14 heteroatoms. The maximum Gasteiger partial charge on any atom is 0.326 e. The monoisotopic (exact) mass is 455 g/mol. The largest absolute Gasteiger partial charge is 0.481 e. The van der Waals surface area contributed by atoms with Crippen LogP contribution >= 0.6 is 0 Å². The van der Waals surface area contributed by atoms with Gasteiger partial charge >= 0.3 is 11.9 Å². The quantitative estimate of drug-likeness (QED) is 0.125. The maximum absolute atomic E-state index is 12.5. The van der Waals surface area contributed by atoms with Crippen LogP contribution < -0.4 is 27.4 Å². The summed E-state index contributed by atoms with van der Waals surface area (Å²) in [7, 11) is 0. The van der Waals surface area contributed by atoms with E-state index in [9.17, 15) is 24.0 Å². The molecular formula is C18H29N7O7. The minimum absolute atomic E-state index is 0.172. The number of nitrogens with zero attached hydrogens (tertiary/aromatic N) is 1. The number of imidazole rings is 1. The van der Waals surface area contributed by atoms with Gasteiger partial charge < -0.3 is 42.6 Å². The third-order valence-corrected chi connectivity index (χ3v) is 4.35. The molecule has 1 aromatic rings. The molecule has 0 radical (unpaired) electrons. The Morgan fingerprint density at radius 3 is 2.34 bits per heavy atom. The van der Waals surface area contributed by atoms with E-state index in [4.69, 9.17) is 21.7 Å². The summed E-state index contributed by atoms with van der Waals surface area (Å²) in [6.45, 7) is -0.212. The molecule has 0 aliphatic rings. The third-order valence-electron chi connectivity index (χ3n) is 4.35. The number of amides is 3. The van der Waals surface area contributed by atoms with Gasteiger partial charge in [-0.2, -0.15) is 0 Å². The molecule has 1 rings (SSSR count). The van der Waals surface area contributed by atoms with Crippen molar-refractivity contribution in [2.75, 3.05) is 13.1 Å². The molecular weight excluding hydrogens is 426 g/mol. The van der Waals surface area contributed by atoms with E-state index in [1.54, 1.807) is 0 Å². The molecule has 1 aromatic heterocycles. The van der Waals surface area contributed by atoms with E-state index < -0.39 is 60.8 Å². The first-order valence-corrected chi connectivity index (χ1v) is 9.89. The van der Waals surface area contributed by atoms with Gasteiger partial charge in [-0.05, 0) is 25.8 Å². The van der Waals surface area contributed by atoms with Gasteiger partial charge in [0, 0.05) is 18.3 Å². The topological polar surface area (TPSA) is 243 Å². The number of nitrogens with two attached hydrogens (primary N) is 2. The molecule has 1 heterocycles. The molecule has 0 aromatic carbocycles. The normalized spacial score (nSPS) is 13.4. The molecule has 178 valence electrons. The zero-order valence-electron chi connectivity index (χ0n) is 17.4. The number of carbonyl (C=O) groups is 5. The average Bonchev–Trinajstić information content (AvgIpc) is 3.23. The molecule has 3 atom stereocenters. The Bertz CT molecular complexity index is 785. The van der Waals surface area contributed by atoms with Gasteiger partial charge in [0.1, 0.15) is 12.1 Å². The highest BCUT2D eigenvalue weighted by atomic mass is 16.4. The van der Waals surface area contributed by atoms with Gasteiger partial charge in [-0.3, -0.25) is 19.2 Å². The number of hydrogen-bond donors (Lipinski definition) is 8. The highest BCUT2D eigenvalue weighted by molar-refractivity contribution is 5.93. The SMILES string of the molecule is NCCCCC(NC(=O)C(N)Cc1cnc[nH]1)C(=O)NCC(=O)NC(CC(=O)O)C(=O)O. The van der Waals surface area contributed by atoms with Crippen molar-refractivity contribution < 1.29 is 34.2 Å². The molecule has 0 aliphatic carbocycles. The summed E-state index contributed by atoms with van der Waals surface area (Å²) in [5.74, 6) is -5.08. The first-order chi connectivity index (χ1) is 15.1. The highest BCUT2D eigenvalue weighted by Gasteiger charge is 2.26. The van der Waals surface area contributed by atoms with E-state index in [0.29, 0.717) is 25.1 Å².